The van der Waals surface area contributed by atoms with E-state index in [1.807, 2.05) is 51.2 Å². The molecule has 0 radical (unpaired) electrons. The van der Waals surface area contributed by atoms with E-state index in [2.05, 4.69) is 10.7 Å². The molecule has 0 aliphatic rings. The summed E-state index contributed by atoms with van der Waals surface area (Å²) >= 11 is 0. The molecule has 1 aromatic heterocycles. The first-order chi connectivity index (χ1) is 8.87. The number of esters is 1. The summed E-state index contributed by atoms with van der Waals surface area (Å²) in [5.74, 6) is -0.252. The molecule has 102 valence electrons. The van der Waals surface area contributed by atoms with Gasteiger partial charge in [0.15, 0.2) is 6.04 Å². The lowest BCUT2D eigenvalue weighted by molar-refractivity contribution is -0.409. The van der Waals surface area contributed by atoms with Crippen molar-refractivity contribution in [3.05, 3.63) is 36.0 Å². The Hall–Kier alpha value is -1.81. The summed E-state index contributed by atoms with van der Waals surface area (Å²) in [7, 11) is 0. The highest BCUT2D eigenvalue weighted by Crippen LogP contribution is 2.19. The van der Waals surface area contributed by atoms with E-state index in [0.29, 0.717) is 6.42 Å². The van der Waals surface area contributed by atoms with E-state index in [4.69, 9.17) is 4.74 Å². The van der Waals surface area contributed by atoms with Crippen LogP contribution in [0.1, 0.15) is 26.3 Å². The van der Waals surface area contributed by atoms with Gasteiger partial charge in [0.1, 0.15) is 5.60 Å². The standard InChI is InChI=1S/C15H20N2O2/c1-15(2,3)19-14(18)12(16)8-10-9-17-13-7-5-4-6-11(10)13/h4-7,9,12,17H,8,16H2,1-3H3/p+1/t12-/m0/s1. The van der Waals surface area contributed by atoms with Gasteiger partial charge in [-0.1, -0.05) is 18.2 Å². The van der Waals surface area contributed by atoms with Crippen LogP contribution in [0.3, 0.4) is 0 Å². The van der Waals surface area contributed by atoms with Gasteiger partial charge in [0.2, 0.25) is 0 Å². The van der Waals surface area contributed by atoms with Crippen LogP contribution in [0.5, 0.6) is 0 Å². The maximum atomic E-state index is 11.9. The Balaban J connectivity index is 2.10. The molecular formula is C15H21N2O2+. The summed E-state index contributed by atoms with van der Waals surface area (Å²) in [6.07, 6.45) is 2.52. The molecule has 4 nitrogen and oxygen atoms in total. The summed E-state index contributed by atoms with van der Waals surface area (Å²) in [5, 5.41) is 1.14. The van der Waals surface area contributed by atoms with Crippen LogP contribution in [0, 0.1) is 0 Å². The number of aromatic nitrogens is 1. The van der Waals surface area contributed by atoms with Gasteiger partial charge < -0.3 is 15.5 Å². The van der Waals surface area contributed by atoms with Crippen molar-refractivity contribution in [1.82, 2.24) is 4.98 Å². The Kier molecular flexibility index (Phi) is 3.62. The summed E-state index contributed by atoms with van der Waals surface area (Å²) < 4.78 is 5.35. The van der Waals surface area contributed by atoms with E-state index in [1.54, 1.807) is 0 Å². The van der Waals surface area contributed by atoms with Gasteiger partial charge in [-0.2, -0.15) is 0 Å². The number of nitrogens with one attached hydrogen (secondary N) is 1. The number of H-pyrrole nitrogens is 1. The molecule has 1 atom stereocenters. The monoisotopic (exact) mass is 261 g/mol. The molecule has 0 saturated carbocycles. The van der Waals surface area contributed by atoms with Crippen molar-refractivity contribution in [2.45, 2.75) is 38.8 Å². The zero-order chi connectivity index (χ0) is 14.0. The lowest BCUT2D eigenvalue weighted by atomic mass is 10.1. The number of rotatable bonds is 3. The lowest BCUT2D eigenvalue weighted by Gasteiger charge is -2.20. The molecule has 1 aromatic carbocycles. The van der Waals surface area contributed by atoms with Crippen molar-refractivity contribution < 1.29 is 15.3 Å². The zero-order valence-electron chi connectivity index (χ0n) is 11.7. The Bertz CT molecular complexity index is 581. The third-order valence-electron chi connectivity index (χ3n) is 2.88. The molecule has 4 N–H and O–H groups in total. The van der Waals surface area contributed by atoms with Gasteiger partial charge in [-0.3, -0.25) is 0 Å². The first kappa shape index (κ1) is 13.6. The molecular weight excluding hydrogens is 240 g/mol. The molecule has 19 heavy (non-hydrogen) atoms. The van der Waals surface area contributed by atoms with Gasteiger partial charge in [-0.05, 0) is 32.4 Å². The van der Waals surface area contributed by atoms with Gasteiger partial charge in [-0.25, -0.2) is 4.79 Å². The van der Waals surface area contributed by atoms with Crippen molar-refractivity contribution in [1.29, 1.82) is 0 Å². The van der Waals surface area contributed by atoms with Crippen molar-refractivity contribution in [2.75, 3.05) is 0 Å². The molecule has 4 heteroatoms. The quantitative estimate of drug-likeness (QED) is 0.825. The van der Waals surface area contributed by atoms with Crippen LogP contribution < -0.4 is 5.73 Å². The van der Waals surface area contributed by atoms with E-state index in [-0.39, 0.29) is 5.97 Å². The van der Waals surface area contributed by atoms with E-state index < -0.39 is 11.6 Å². The highest BCUT2D eigenvalue weighted by atomic mass is 16.6. The molecule has 2 rings (SSSR count). The van der Waals surface area contributed by atoms with Crippen molar-refractivity contribution >= 4 is 16.9 Å². The highest BCUT2D eigenvalue weighted by molar-refractivity contribution is 5.84. The van der Waals surface area contributed by atoms with Crippen LogP contribution >= 0.6 is 0 Å². The number of quaternary nitrogens is 1. The highest BCUT2D eigenvalue weighted by Gasteiger charge is 2.25. The average molecular weight is 261 g/mol. The van der Waals surface area contributed by atoms with Gasteiger partial charge in [0.05, 0.1) is 0 Å². The normalized spacial score (nSPS) is 13.5. The Morgan fingerprint density at radius 3 is 2.74 bits per heavy atom. The van der Waals surface area contributed by atoms with Gasteiger partial charge in [0, 0.05) is 23.5 Å². The molecule has 0 fully saturated rings. The van der Waals surface area contributed by atoms with E-state index in [0.717, 1.165) is 16.5 Å². The van der Waals surface area contributed by atoms with Crippen molar-refractivity contribution in [3.63, 3.8) is 0 Å². The lowest BCUT2D eigenvalue weighted by Crippen LogP contribution is -2.66. The zero-order valence-corrected chi connectivity index (χ0v) is 11.7. The van der Waals surface area contributed by atoms with Gasteiger partial charge >= 0.3 is 5.97 Å². The van der Waals surface area contributed by atoms with Crippen molar-refractivity contribution in [3.8, 4) is 0 Å². The minimum Gasteiger partial charge on any atom is -0.456 e. The maximum absolute atomic E-state index is 11.9. The fraction of sp³-hybridized carbons (Fsp3) is 0.400. The molecule has 0 spiro atoms. The predicted octanol–water partition coefficient (Wildman–Crippen LogP) is 1.66. The summed E-state index contributed by atoms with van der Waals surface area (Å²) in [4.78, 5) is 15.1. The first-order valence-corrected chi connectivity index (χ1v) is 6.48. The number of carbonyl (C=O) groups is 1. The number of aromatic amines is 1. The average Bonchev–Trinajstić information content (AvgIpc) is 2.70. The fourth-order valence-corrected chi connectivity index (χ4v) is 2.03. The number of benzene rings is 1. The SMILES string of the molecule is CC(C)(C)OC(=O)[C@@H]([NH3+])Cc1c[nH]c2ccccc12. The fourth-order valence-electron chi connectivity index (χ4n) is 2.03. The third-order valence-corrected chi connectivity index (χ3v) is 2.88. The van der Waals surface area contributed by atoms with Crippen LogP contribution in [-0.4, -0.2) is 22.6 Å². The molecule has 0 aliphatic carbocycles. The molecule has 0 unspecified atom stereocenters. The Morgan fingerprint density at radius 1 is 1.37 bits per heavy atom. The van der Waals surface area contributed by atoms with Crippen LogP contribution in [0.15, 0.2) is 30.5 Å². The topological polar surface area (TPSA) is 69.7 Å². The number of hydrogen-bond donors (Lipinski definition) is 2. The summed E-state index contributed by atoms with van der Waals surface area (Å²) in [6, 6.07) is 7.65. The van der Waals surface area contributed by atoms with Crippen LogP contribution in [-0.2, 0) is 16.0 Å². The Morgan fingerprint density at radius 2 is 2.05 bits per heavy atom. The van der Waals surface area contributed by atoms with Gasteiger partial charge in [0.25, 0.3) is 0 Å². The summed E-state index contributed by atoms with van der Waals surface area (Å²) in [6.45, 7) is 5.59. The molecule has 2 aromatic rings. The maximum Gasteiger partial charge on any atom is 0.365 e. The molecule has 1 heterocycles. The second kappa shape index (κ2) is 5.05. The minimum absolute atomic E-state index is 0.252. The predicted molar refractivity (Wildman–Crippen MR) is 74.5 cm³/mol. The first-order valence-electron chi connectivity index (χ1n) is 6.48. The van der Waals surface area contributed by atoms with Gasteiger partial charge in [-0.15, -0.1) is 0 Å². The molecule has 0 amide bonds. The number of para-hydroxylation sites is 1. The smallest absolute Gasteiger partial charge is 0.365 e. The number of hydrogen-bond acceptors (Lipinski definition) is 2. The van der Waals surface area contributed by atoms with E-state index in [1.165, 1.54) is 0 Å². The second-order valence-corrected chi connectivity index (χ2v) is 5.79. The van der Waals surface area contributed by atoms with E-state index >= 15 is 0 Å². The van der Waals surface area contributed by atoms with Crippen molar-refractivity contribution in [2.24, 2.45) is 0 Å². The van der Waals surface area contributed by atoms with Crippen LogP contribution in [0.4, 0.5) is 0 Å². The molecule has 0 aliphatic heterocycles. The largest absolute Gasteiger partial charge is 0.456 e. The van der Waals surface area contributed by atoms with Crippen LogP contribution in [0.25, 0.3) is 10.9 Å². The third kappa shape index (κ3) is 3.35. The van der Waals surface area contributed by atoms with E-state index in [9.17, 15) is 4.79 Å². The Labute approximate surface area is 112 Å². The van der Waals surface area contributed by atoms with Crippen LogP contribution in [0.2, 0.25) is 0 Å². The number of fused-ring (bicyclic) bond motifs is 1. The molecule has 0 bridgehead atoms. The minimum atomic E-state index is -0.465. The number of ether oxygens (including phenoxy) is 1. The number of carbonyl (C=O) groups excluding carboxylic acids is 1. The second-order valence-electron chi connectivity index (χ2n) is 5.79. The molecule has 0 saturated heterocycles. The summed E-state index contributed by atoms with van der Waals surface area (Å²) in [5.41, 5.74) is 5.63.